The minimum atomic E-state index is 0. The van der Waals surface area contributed by atoms with Crippen LogP contribution in [-0.4, -0.2) is 13.1 Å². The summed E-state index contributed by atoms with van der Waals surface area (Å²) in [6, 6.07) is 0. The third-order valence-electron chi connectivity index (χ3n) is 1.93. The highest BCUT2D eigenvalue weighted by Gasteiger charge is 1.88. The van der Waals surface area contributed by atoms with Gasteiger partial charge in [-0.1, -0.05) is 44.9 Å². The van der Waals surface area contributed by atoms with Gasteiger partial charge in [0, 0.05) is 0 Å². The van der Waals surface area contributed by atoms with Crippen LogP contribution in [-0.2, 0) is 0 Å². The minimum absolute atomic E-state index is 0. The molecule has 0 aliphatic carbocycles. The number of hydrogen-bond donors (Lipinski definition) is 1. The maximum absolute atomic E-state index is 5.10. The van der Waals surface area contributed by atoms with Crippen molar-refractivity contribution in [2.75, 3.05) is 13.1 Å². The summed E-state index contributed by atoms with van der Waals surface area (Å²) < 4.78 is 0. The van der Waals surface area contributed by atoms with Gasteiger partial charge in [-0.15, -0.1) is 18.8 Å². The van der Waals surface area contributed by atoms with Crippen LogP contribution in [0.1, 0.15) is 45.4 Å². The van der Waals surface area contributed by atoms with Crippen molar-refractivity contribution < 1.29 is 0 Å². The normalized spacial score (nSPS) is 8.92. The summed E-state index contributed by atoms with van der Waals surface area (Å²) >= 11 is 0. The van der Waals surface area contributed by atoms with Gasteiger partial charge in [0.1, 0.15) is 0 Å². The van der Waals surface area contributed by atoms with Gasteiger partial charge in [0.2, 0.25) is 0 Å². The molecular weight excluding hydrogens is 182 g/mol. The van der Waals surface area contributed by atoms with Gasteiger partial charge < -0.3 is 5.32 Å². The zero-order chi connectivity index (χ0) is 9.07. The molecular formula is C11H22ClN. The molecule has 0 saturated heterocycles. The van der Waals surface area contributed by atoms with Crippen molar-refractivity contribution in [2.45, 2.75) is 45.4 Å². The van der Waals surface area contributed by atoms with Crippen LogP contribution in [0.25, 0.3) is 0 Å². The second-order valence-corrected chi connectivity index (χ2v) is 3.15. The van der Waals surface area contributed by atoms with Crippen LogP contribution in [0.15, 0.2) is 0 Å². The Balaban J connectivity index is 0. The van der Waals surface area contributed by atoms with E-state index in [0.717, 1.165) is 13.1 Å². The van der Waals surface area contributed by atoms with E-state index in [9.17, 15) is 0 Å². The van der Waals surface area contributed by atoms with E-state index >= 15 is 0 Å². The molecule has 0 atom stereocenters. The molecule has 0 rings (SSSR count). The van der Waals surface area contributed by atoms with Crippen molar-refractivity contribution in [3.8, 4) is 12.3 Å². The Bertz CT molecular complexity index is 118. The molecule has 0 aliphatic rings. The van der Waals surface area contributed by atoms with Crippen LogP contribution in [0, 0.1) is 12.3 Å². The van der Waals surface area contributed by atoms with Crippen molar-refractivity contribution in [3.05, 3.63) is 0 Å². The molecule has 0 heterocycles. The Labute approximate surface area is 89.1 Å². The highest BCUT2D eigenvalue weighted by molar-refractivity contribution is 5.85. The minimum Gasteiger partial charge on any atom is -0.306 e. The molecule has 0 aliphatic heterocycles. The maximum atomic E-state index is 5.10. The topological polar surface area (TPSA) is 12.0 Å². The highest BCUT2D eigenvalue weighted by Crippen LogP contribution is 2.03. The first kappa shape index (κ1) is 15.3. The summed E-state index contributed by atoms with van der Waals surface area (Å²) in [6.07, 6.45) is 13.2. The zero-order valence-corrected chi connectivity index (χ0v) is 9.46. The lowest BCUT2D eigenvalue weighted by Crippen LogP contribution is -2.14. The zero-order valence-electron chi connectivity index (χ0n) is 8.64. The van der Waals surface area contributed by atoms with Crippen molar-refractivity contribution in [1.82, 2.24) is 5.32 Å². The van der Waals surface area contributed by atoms with Crippen LogP contribution in [0.3, 0.4) is 0 Å². The van der Waals surface area contributed by atoms with E-state index in [-0.39, 0.29) is 12.4 Å². The van der Waals surface area contributed by atoms with Crippen LogP contribution in [0.2, 0.25) is 0 Å². The van der Waals surface area contributed by atoms with Gasteiger partial charge in [-0.3, -0.25) is 0 Å². The van der Waals surface area contributed by atoms with Gasteiger partial charge in [0.25, 0.3) is 0 Å². The number of nitrogens with one attached hydrogen (secondary N) is 1. The molecule has 0 aromatic carbocycles. The van der Waals surface area contributed by atoms with E-state index in [0.29, 0.717) is 0 Å². The number of halogens is 1. The number of unbranched alkanes of at least 4 members (excludes halogenated alkanes) is 5. The van der Waals surface area contributed by atoms with E-state index in [4.69, 9.17) is 6.42 Å². The van der Waals surface area contributed by atoms with E-state index in [2.05, 4.69) is 18.2 Å². The first-order valence-electron chi connectivity index (χ1n) is 5.06. The van der Waals surface area contributed by atoms with Gasteiger partial charge in [0.15, 0.2) is 0 Å². The molecule has 0 fully saturated rings. The Morgan fingerprint density at radius 3 is 2.31 bits per heavy atom. The van der Waals surface area contributed by atoms with Gasteiger partial charge in [-0.05, 0) is 13.0 Å². The van der Waals surface area contributed by atoms with Crippen molar-refractivity contribution in [3.63, 3.8) is 0 Å². The molecule has 1 N–H and O–H groups in total. The lowest BCUT2D eigenvalue weighted by atomic mass is 10.1. The molecule has 78 valence electrons. The largest absolute Gasteiger partial charge is 0.306 e. The predicted molar refractivity (Wildman–Crippen MR) is 62.3 cm³/mol. The van der Waals surface area contributed by atoms with Crippen LogP contribution in [0.4, 0.5) is 0 Å². The summed E-state index contributed by atoms with van der Waals surface area (Å²) in [4.78, 5) is 0. The molecule has 0 aromatic rings. The second kappa shape index (κ2) is 14.3. The standard InChI is InChI=1S/C11H21N.ClH/c1-3-5-6-7-8-9-11-12-10-4-2;/h2,12H,3,5-11H2,1H3;1H. The van der Waals surface area contributed by atoms with Gasteiger partial charge in [0.05, 0.1) is 6.54 Å². The number of hydrogen-bond acceptors (Lipinski definition) is 1. The molecule has 2 heteroatoms. The Hall–Kier alpha value is -0.190. The second-order valence-electron chi connectivity index (χ2n) is 3.15. The monoisotopic (exact) mass is 203 g/mol. The SMILES string of the molecule is C#CCNCCCCCCCC.Cl. The summed E-state index contributed by atoms with van der Waals surface area (Å²) in [5.41, 5.74) is 0. The fourth-order valence-corrected chi connectivity index (χ4v) is 1.19. The van der Waals surface area contributed by atoms with Gasteiger partial charge in [-0.25, -0.2) is 0 Å². The van der Waals surface area contributed by atoms with Crippen molar-refractivity contribution in [1.29, 1.82) is 0 Å². The van der Waals surface area contributed by atoms with Gasteiger partial charge in [-0.2, -0.15) is 0 Å². The Kier molecular flexibility index (Phi) is 16.9. The third-order valence-corrected chi connectivity index (χ3v) is 1.93. The molecule has 13 heavy (non-hydrogen) atoms. The lowest BCUT2D eigenvalue weighted by Gasteiger charge is -2.00. The first-order chi connectivity index (χ1) is 5.91. The first-order valence-corrected chi connectivity index (χ1v) is 5.06. The third kappa shape index (κ3) is 14.6. The fraction of sp³-hybridized carbons (Fsp3) is 0.818. The molecule has 0 aromatic heterocycles. The summed E-state index contributed by atoms with van der Waals surface area (Å²) in [5, 5.41) is 3.19. The molecule has 0 radical (unpaired) electrons. The molecule has 0 unspecified atom stereocenters. The van der Waals surface area contributed by atoms with Crippen LogP contribution >= 0.6 is 12.4 Å². The van der Waals surface area contributed by atoms with Crippen LogP contribution in [0.5, 0.6) is 0 Å². The number of rotatable bonds is 8. The van der Waals surface area contributed by atoms with Gasteiger partial charge >= 0.3 is 0 Å². The Morgan fingerprint density at radius 1 is 1.08 bits per heavy atom. The number of terminal acetylenes is 1. The molecule has 1 nitrogen and oxygen atoms in total. The maximum Gasteiger partial charge on any atom is 0.0573 e. The lowest BCUT2D eigenvalue weighted by molar-refractivity contribution is 0.586. The molecule has 0 bridgehead atoms. The average Bonchev–Trinajstić information content (AvgIpc) is 2.10. The molecule has 0 saturated carbocycles. The van der Waals surface area contributed by atoms with Crippen LogP contribution < -0.4 is 5.32 Å². The summed E-state index contributed by atoms with van der Waals surface area (Å²) in [7, 11) is 0. The van der Waals surface area contributed by atoms with E-state index in [1.807, 2.05) is 0 Å². The predicted octanol–water partition coefficient (Wildman–Crippen LogP) is 2.99. The smallest absolute Gasteiger partial charge is 0.0573 e. The molecule has 0 amide bonds. The highest BCUT2D eigenvalue weighted by atomic mass is 35.5. The Morgan fingerprint density at radius 2 is 1.69 bits per heavy atom. The van der Waals surface area contributed by atoms with E-state index in [1.165, 1.54) is 38.5 Å². The summed E-state index contributed by atoms with van der Waals surface area (Å²) in [6.45, 7) is 4.04. The fourth-order valence-electron chi connectivity index (χ4n) is 1.19. The quantitative estimate of drug-likeness (QED) is 0.473. The molecule has 0 spiro atoms. The van der Waals surface area contributed by atoms with E-state index in [1.54, 1.807) is 0 Å². The van der Waals surface area contributed by atoms with E-state index < -0.39 is 0 Å². The van der Waals surface area contributed by atoms with Crippen molar-refractivity contribution >= 4 is 12.4 Å². The summed E-state index contributed by atoms with van der Waals surface area (Å²) in [5.74, 6) is 2.57. The van der Waals surface area contributed by atoms with Crippen molar-refractivity contribution in [2.24, 2.45) is 0 Å². The average molecular weight is 204 g/mol.